The van der Waals surface area contributed by atoms with Crippen LogP contribution in [0.1, 0.15) is 42.1 Å². The van der Waals surface area contributed by atoms with E-state index in [1.165, 1.54) is 4.90 Å². The van der Waals surface area contributed by atoms with Crippen molar-refractivity contribution in [1.82, 2.24) is 10.2 Å². The third-order valence-corrected chi connectivity index (χ3v) is 6.23. The van der Waals surface area contributed by atoms with Crippen LogP contribution in [0.3, 0.4) is 0 Å². The van der Waals surface area contributed by atoms with Gasteiger partial charge in [0.2, 0.25) is 5.91 Å². The summed E-state index contributed by atoms with van der Waals surface area (Å²) in [6.45, 7) is 1.91. The predicted molar refractivity (Wildman–Crippen MR) is 98.0 cm³/mol. The lowest BCUT2D eigenvalue weighted by atomic mass is 9.77. The van der Waals surface area contributed by atoms with E-state index in [9.17, 15) is 19.1 Å². The SMILES string of the molecule is CC1(O)CC(NC(=O)CN2C[C@@]3(C[C@H]3F)c3cc(I)ccc3C2=O)C1. The average molecular weight is 458 g/mol. The minimum absolute atomic E-state index is 0.0555. The van der Waals surface area contributed by atoms with Crippen LogP contribution in [0.5, 0.6) is 0 Å². The van der Waals surface area contributed by atoms with Crippen molar-refractivity contribution in [2.24, 2.45) is 0 Å². The highest BCUT2D eigenvalue weighted by atomic mass is 127. The Balaban J connectivity index is 1.49. The molecule has 2 atom stereocenters. The lowest BCUT2D eigenvalue weighted by molar-refractivity contribution is -0.125. The molecule has 1 aliphatic heterocycles. The molecule has 0 saturated heterocycles. The lowest BCUT2D eigenvalue weighted by Gasteiger charge is -2.41. The molecule has 4 rings (SSSR count). The first-order chi connectivity index (χ1) is 11.7. The summed E-state index contributed by atoms with van der Waals surface area (Å²) < 4.78 is 15.2. The van der Waals surface area contributed by atoms with Crippen molar-refractivity contribution in [2.75, 3.05) is 13.1 Å². The number of fused-ring (bicyclic) bond motifs is 2. The third-order valence-electron chi connectivity index (χ3n) is 5.56. The van der Waals surface area contributed by atoms with Crippen molar-refractivity contribution in [2.45, 2.75) is 49.4 Å². The van der Waals surface area contributed by atoms with E-state index in [1.54, 1.807) is 13.0 Å². The van der Waals surface area contributed by atoms with Crippen molar-refractivity contribution >= 4 is 34.4 Å². The third kappa shape index (κ3) is 2.95. The van der Waals surface area contributed by atoms with Crippen LogP contribution in [0, 0.1) is 3.57 Å². The Labute approximate surface area is 159 Å². The van der Waals surface area contributed by atoms with Gasteiger partial charge in [0.05, 0.1) is 12.1 Å². The monoisotopic (exact) mass is 458 g/mol. The Morgan fingerprint density at radius 3 is 2.72 bits per heavy atom. The second-order valence-electron chi connectivity index (χ2n) is 7.85. The molecule has 0 aromatic heterocycles. The number of hydrogen-bond acceptors (Lipinski definition) is 3. The van der Waals surface area contributed by atoms with E-state index in [1.807, 2.05) is 12.1 Å². The van der Waals surface area contributed by atoms with Gasteiger partial charge >= 0.3 is 0 Å². The number of benzene rings is 1. The summed E-state index contributed by atoms with van der Waals surface area (Å²) in [6, 6.07) is 5.40. The molecule has 1 aromatic rings. The van der Waals surface area contributed by atoms with Gasteiger partial charge in [-0.2, -0.15) is 0 Å². The van der Waals surface area contributed by atoms with Gasteiger partial charge in [-0.15, -0.1) is 0 Å². The van der Waals surface area contributed by atoms with E-state index in [4.69, 9.17) is 0 Å². The number of carbonyl (C=O) groups is 2. The molecule has 2 fully saturated rings. The fourth-order valence-corrected chi connectivity index (χ4v) is 4.66. The number of halogens is 2. The molecule has 7 heteroatoms. The molecule has 5 nitrogen and oxygen atoms in total. The van der Waals surface area contributed by atoms with Crippen molar-refractivity contribution < 1.29 is 19.1 Å². The van der Waals surface area contributed by atoms with Gasteiger partial charge < -0.3 is 15.3 Å². The molecule has 2 aliphatic carbocycles. The largest absolute Gasteiger partial charge is 0.390 e. The lowest BCUT2D eigenvalue weighted by Crippen LogP contribution is -2.56. The first-order valence-electron chi connectivity index (χ1n) is 8.45. The normalized spacial score (nSPS) is 36.0. The minimum atomic E-state index is -0.968. The Kier molecular flexibility index (Phi) is 3.88. The summed E-state index contributed by atoms with van der Waals surface area (Å²) in [4.78, 5) is 26.5. The highest BCUT2D eigenvalue weighted by Gasteiger charge is 2.61. The summed E-state index contributed by atoms with van der Waals surface area (Å²) >= 11 is 2.16. The molecule has 2 saturated carbocycles. The molecule has 1 heterocycles. The van der Waals surface area contributed by atoms with Crippen LogP contribution in [-0.4, -0.2) is 52.7 Å². The van der Waals surface area contributed by atoms with Gasteiger partial charge in [-0.1, -0.05) is 0 Å². The fraction of sp³-hybridized carbons (Fsp3) is 0.556. The van der Waals surface area contributed by atoms with Crippen LogP contribution in [-0.2, 0) is 10.2 Å². The summed E-state index contributed by atoms with van der Waals surface area (Å²) in [5.41, 5.74) is -0.0749. The maximum Gasteiger partial charge on any atom is 0.254 e. The minimum Gasteiger partial charge on any atom is -0.390 e. The summed E-state index contributed by atoms with van der Waals surface area (Å²) in [5.74, 6) is -0.471. The maximum atomic E-state index is 14.2. The van der Waals surface area contributed by atoms with Crippen LogP contribution >= 0.6 is 22.6 Å². The quantitative estimate of drug-likeness (QED) is 0.679. The standard InChI is InChI=1S/C18H20FIN2O3/c1-17(25)5-11(6-17)21-15(23)8-22-9-18(7-14(18)19)13-4-10(20)2-3-12(13)16(22)24/h2-4,11,14,25H,5-9H2,1H3,(H,21,23)/t11?,14-,17?,18+/m1/s1. The van der Waals surface area contributed by atoms with E-state index >= 15 is 0 Å². The topological polar surface area (TPSA) is 69.6 Å². The summed E-state index contributed by atoms with van der Waals surface area (Å²) in [5, 5.41) is 12.6. The molecule has 0 bridgehead atoms. The number of amides is 2. The van der Waals surface area contributed by atoms with E-state index in [2.05, 4.69) is 27.9 Å². The molecule has 1 spiro atoms. The zero-order valence-electron chi connectivity index (χ0n) is 13.9. The number of carbonyl (C=O) groups excluding carboxylic acids is 2. The van der Waals surface area contributed by atoms with E-state index in [0.717, 1.165) is 9.13 Å². The Hall–Kier alpha value is -1.22. The number of aliphatic hydroxyl groups is 1. The molecular weight excluding hydrogens is 438 g/mol. The summed E-state index contributed by atoms with van der Waals surface area (Å²) in [6.07, 6.45) is 0.469. The Bertz CT molecular complexity index is 761. The van der Waals surface area contributed by atoms with Crippen LogP contribution < -0.4 is 5.32 Å². The highest BCUT2D eigenvalue weighted by molar-refractivity contribution is 14.1. The van der Waals surface area contributed by atoms with E-state index < -0.39 is 17.2 Å². The van der Waals surface area contributed by atoms with Crippen LogP contribution in [0.15, 0.2) is 18.2 Å². The molecule has 3 aliphatic rings. The van der Waals surface area contributed by atoms with Gasteiger partial charge in [0.15, 0.2) is 0 Å². The molecular formula is C18H20FIN2O3. The van der Waals surface area contributed by atoms with Crippen molar-refractivity contribution in [3.63, 3.8) is 0 Å². The van der Waals surface area contributed by atoms with E-state index in [-0.39, 0.29) is 30.9 Å². The van der Waals surface area contributed by atoms with Gasteiger partial charge in [-0.05, 0) is 72.5 Å². The van der Waals surface area contributed by atoms with Crippen molar-refractivity contribution in [1.29, 1.82) is 0 Å². The molecule has 0 unspecified atom stereocenters. The van der Waals surface area contributed by atoms with Crippen LogP contribution in [0.4, 0.5) is 4.39 Å². The second kappa shape index (κ2) is 5.64. The van der Waals surface area contributed by atoms with Crippen LogP contribution in [0.2, 0.25) is 0 Å². The van der Waals surface area contributed by atoms with E-state index in [0.29, 0.717) is 24.8 Å². The number of rotatable bonds is 3. The Morgan fingerprint density at radius 2 is 2.12 bits per heavy atom. The van der Waals surface area contributed by atoms with Gasteiger partial charge in [0.1, 0.15) is 6.17 Å². The first-order valence-corrected chi connectivity index (χ1v) is 9.53. The number of alkyl halides is 1. The zero-order chi connectivity index (χ0) is 18.0. The molecule has 134 valence electrons. The van der Waals surface area contributed by atoms with Crippen molar-refractivity contribution in [3.8, 4) is 0 Å². The smallest absolute Gasteiger partial charge is 0.254 e. The predicted octanol–water partition coefficient (Wildman–Crippen LogP) is 1.76. The van der Waals surface area contributed by atoms with Gasteiger partial charge in [0, 0.05) is 27.1 Å². The number of nitrogens with one attached hydrogen (secondary N) is 1. The number of hydrogen-bond donors (Lipinski definition) is 2. The van der Waals surface area contributed by atoms with Gasteiger partial charge in [0.25, 0.3) is 5.91 Å². The zero-order valence-corrected chi connectivity index (χ0v) is 16.0. The Morgan fingerprint density at radius 1 is 1.44 bits per heavy atom. The number of nitrogens with zero attached hydrogens (tertiary/aromatic N) is 1. The summed E-state index contributed by atoms with van der Waals surface area (Å²) in [7, 11) is 0. The molecule has 2 amide bonds. The molecule has 1 aromatic carbocycles. The second-order valence-corrected chi connectivity index (χ2v) is 9.09. The molecule has 0 radical (unpaired) electrons. The first kappa shape index (κ1) is 17.2. The molecule has 25 heavy (non-hydrogen) atoms. The van der Waals surface area contributed by atoms with Crippen molar-refractivity contribution in [3.05, 3.63) is 32.9 Å². The van der Waals surface area contributed by atoms with Gasteiger partial charge in [-0.3, -0.25) is 9.59 Å². The average Bonchev–Trinajstić information content (AvgIpc) is 3.13. The highest BCUT2D eigenvalue weighted by Crippen LogP contribution is 2.54. The molecule has 2 N–H and O–H groups in total. The maximum absolute atomic E-state index is 14.2. The van der Waals surface area contributed by atoms with Crippen LogP contribution in [0.25, 0.3) is 0 Å². The van der Waals surface area contributed by atoms with Gasteiger partial charge in [-0.25, -0.2) is 4.39 Å². The fourth-order valence-electron chi connectivity index (χ4n) is 4.16.